The van der Waals surface area contributed by atoms with Gasteiger partial charge in [-0.15, -0.1) is 0 Å². The standard InChI is InChI=1S/C17H18ClFN2O4S/c18-14-9-13(19)5-6-16(14)26(23,24)21-7-1-3-12(11-21)10-20-17(22)15-4-2-8-25-15/h2,4-6,8-9,12H,1,3,7,10-11H2,(H,20,22)/t12-/m1/s1. The molecule has 1 amide bonds. The van der Waals surface area contributed by atoms with Gasteiger partial charge in [0.05, 0.1) is 11.3 Å². The molecule has 1 aliphatic rings. The van der Waals surface area contributed by atoms with Crippen LogP contribution in [0.3, 0.4) is 0 Å². The molecule has 0 unspecified atom stereocenters. The Morgan fingerprint density at radius 3 is 2.88 bits per heavy atom. The van der Waals surface area contributed by atoms with E-state index in [0.717, 1.165) is 18.6 Å². The van der Waals surface area contributed by atoms with Crippen molar-refractivity contribution in [2.75, 3.05) is 19.6 Å². The Bertz CT molecular complexity index is 886. The van der Waals surface area contributed by atoms with Crippen molar-refractivity contribution >= 4 is 27.5 Å². The van der Waals surface area contributed by atoms with Crippen LogP contribution in [-0.2, 0) is 10.0 Å². The number of carbonyl (C=O) groups excluding carboxylic acids is 1. The van der Waals surface area contributed by atoms with Gasteiger partial charge in [0.25, 0.3) is 5.91 Å². The summed E-state index contributed by atoms with van der Waals surface area (Å²) in [5, 5.41) is 2.62. The van der Waals surface area contributed by atoms with Crippen LogP contribution in [0, 0.1) is 11.7 Å². The number of benzene rings is 1. The van der Waals surface area contributed by atoms with Gasteiger partial charge in [-0.3, -0.25) is 4.79 Å². The van der Waals surface area contributed by atoms with Crippen molar-refractivity contribution in [3.05, 3.63) is 53.2 Å². The Kier molecular flexibility index (Phi) is 5.64. The fraction of sp³-hybridized carbons (Fsp3) is 0.353. The number of hydrogen-bond donors (Lipinski definition) is 1. The molecule has 3 rings (SSSR count). The lowest BCUT2D eigenvalue weighted by Crippen LogP contribution is -2.43. The fourth-order valence-electron chi connectivity index (χ4n) is 2.97. The Labute approximate surface area is 156 Å². The van der Waals surface area contributed by atoms with Crippen LogP contribution >= 0.6 is 11.6 Å². The Morgan fingerprint density at radius 1 is 1.38 bits per heavy atom. The van der Waals surface area contributed by atoms with Gasteiger partial charge in [0.15, 0.2) is 5.76 Å². The molecule has 2 aromatic rings. The molecule has 1 fully saturated rings. The molecule has 1 saturated heterocycles. The highest BCUT2D eigenvalue weighted by Crippen LogP contribution is 2.28. The second kappa shape index (κ2) is 7.77. The molecule has 2 heterocycles. The average Bonchev–Trinajstić information content (AvgIpc) is 3.14. The Hall–Kier alpha value is -1.90. The molecule has 1 aromatic carbocycles. The first-order valence-electron chi connectivity index (χ1n) is 8.15. The molecule has 26 heavy (non-hydrogen) atoms. The number of nitrogens with one attached hydrogen (secondary N) is 1. The van der Waals surface area contributed by atoms with Gasteiger partial charge in [-0.05, 0) is 49.1 Å². The predicted molar refractivity (Wildman–Crippen MR) is 93.9 cm³/mol. The number of hydrogen-bond acceptors (Lipinski definition) is 4. The first-order valence-corrected chi connectivity index (χ1v) is 9.96. The van der Waals surface area contributed by atoms with E-state index in [1.165, 1.54) is 16.6 Å². The normalized spacial score (nSPS) is 18.6. The molecule has 6 nitrogen and oxygen atoms in total. The summed E-state index contributed by atoms with van der Waals surface area (Å²) in [7, 11) is -3.82. The number of halogens is 2. The third-order valence-corrected chi connectivity index (χ3v) is 6.64. The number of rotatable bonds is 5. The predicted octanol–water partition coefficient (Wildman–Crippen LogP) is 2.90. The van der Waals surface area contributed by atoms with Crippen molar-refractivity contribution < 1.29 is 22.0 Å². The number of sulfonamides is 1. The van der Waals surface area contributed by atoms with E-state index in [1.54, 1.807) is 12.1 Å². The Balaban J connectivity index is 1.66. The lowest BCUT2D eigenvalue weighted by Gasteiger charge is -2.32. The summed E-state index contributed by atoms with van der Waals surface area (Å²) in [5.74, 6) is -0.747. The van der Waals surface area contributed by atoms with Crippen molar-refractivity contribution in [3.63, 3.8) is 0 Å². The van der Waals surface area contributed by atoms with E-state index < -0.39 is 15.8 Å². The van der Waals surface area contributed by atoms with Crippen LogP contribution in [0.25, 0.3) is 0 Å². The number of furan rings is 1. The van der Waals surface area contributed by atoms with Gasteiger partial charge in [-0.25, -0.2) is 12.8 Å². The summed E-state index contributed by atoms with van der Waals surface area (Å²) in [4.78, 5) is 11.8. The molecule has 0 aliphatic carbocycles. The number of piperidine rings is 1. The molecule has 1 aliphatic heterocycles. The van der Waals surface area contributed by atoms with Gasteiger partial charge in [0.1, 0.15) is 10.7 Å². The van der Waals surface area contributed by atoms with E-state index in [0.29, 0.717) is 19.5 Å². The van der Waals surface area contributed by atoms with E-state index in [4.69, 9.17) is 16.0 Å². The fourth-order valence-corrected chi connectivity index (χ4v) is 5.03. The summed E-state index contributed by atoms with van der Waals surface area (Å²) < 4.78 is 45.2. The summed E-state index contributed by atoms with van der Waals surface area (Å²) in [6, 6.07) is 6.41. The van der Waals surface area contributed by atoms with Crippen molar-refractivity contribution in [3.8, 4) is 0 Å². The molecule has 140 valence electrons. The molecule has 0 saturated carbocycles. The Morgan fingerprint density at radius 2 is 2.19 bits per heavy atom. The van der Waals surface area contributed by atoms with Crippen molar-refractivity contribution in [2.24, 2.45) is 5.92 Å². The van der Waals surface area contributed by atoms with Gasteiger partial charge < -0.3 is 9.73 Å². The third kappa shape index (κ3) is 4.08. The summed E-state index contributed by atoms with van der Waals surface area (Å²) in [6.45, 7) is 0.954. The van der Waals surface area contributed by atoms with E-state index in [9.17, 15) is 17.6 Å². The van der Waals surface area contributed by atoms with Crippen LogP contribution in [-0.4, -0.2) is 38.3 Å². The number of nitrogens with zero attached hydrogens (tertiary/aromatic N) is 1. The van der Waals surface area contributed by atoms with Crippen LogP contribution in [0.15, 0.2) is 45.9 Å². The second-order valence-corrected chi connectivity index (χ2v) is 8.45. The molecule has 0 radical (unpaired) electrons. The van der Waals surface area contributed by atoms with E-state index in [-0.39, 0.29) is 34.0 Å². The van der Waals surface area contributed by atoms with E-state index in [2.05, 4.69) is 5.32 Å². The van der Waals surface area contributed by atoms with E-state index >= 15 is 0 Å². The highest BCUT2D eigenvalue weighted by Gasteiger charge is 2.32. The van der Waals surface area contributed by atoms with Crippen LogP contribution in [0.5, 0.6) is 0 Å². The minimum absolute atomic E-state index is 0.0309. The quantitative estimate of drug-likeness (QED) is 0.836. The SMILES string of the molecule is O=C(NC[C@H]1CCCN(S(=O)(=O)c2ccc(F)cc2Cl)C1)c1ccco1. The maximum Gasteiger partial charge on any atom is 0.286 e. The largest absolute Gasteiger partial charge is 0.459 e. The van der Waals surface area contributed by atoms with Crippen LogP contribution in [0.1, 0.15) is 23.4 Å². The van der Waals surface area contributed by atoms with Crippen LogP contribution < -0.4 is 5.32 Å². The topological polar surface area (TPSA) is 79.6 Å². The smallest absolute Gasteiger partial charge is 0.286 e. The minimum Gasteiger partial charge on any atom is -0.459 e. The highest BCUT2D eigenvalue weighted by molar-refractivity contribution is 7.89. The lowest BCUT2D eigenvalue weighted by atomic mass is 10.00. The summed E-state index contributed by atoms with van der Waals surface area (Å²) >= 11 is 5.92. The summed E-state index contributed by atoms with van der Waals surface area (Å²) in [6.07, 6.45) is 2.87. The van der Waals surface area contributed by atoms with Gasteiger partial charge >= 0.3 is 0 Å². The molecule has 1 atom stereocenters. The average molecular weight is 401 g/mol. The first-order chi connectivity index (χ1) is 12.4. The second-order valence-electron chi connectivity index (χ2n) is 6.13. The van der Waals surface area contributed by atoms with Gasteiger partial charge in [-0.1, -0.05) is 11.6 Å². The molecular weight excluding hydrogens is 383 g/mol. The molecule has 9 heteroatoms. The van der Waals surface area contributed by atoms with Gasteiger partial charge in [0.2, 0.25) is 10.0 Å². The van der Waals surface area contributed by atoms with Gasteiger partial charge in [-0.2, -0.15) is 4.31 Å². The maximum absolute atomic E-state index is 13.2. The summed E-state index contributed by atoms with van der Waals surface area (Å²) in [5.41, 5.74) is 0. The van der Waals surface area contributed by atoms with Gasteiger partial charge in [0, 0.05) is 19.6 Å². The maximum atomic E-state index is 13.2. The highest BCUT2D eigenvalue weighted by atomic mass is 35.5. The molecule has 1 aromatic heterocycles. The molecule has 1 N–H and O–H groups in total. The first kappa shape index (κ1) is 18.9. The van der Waals surface area contributed by atoms with Crippen molar-refractivity contribution in [1.29, 1.82) is 0 Å². The zero-order valence-corrected chi connectivity index (χ0v) is 15.4. The zero-order chi connectivity index (χ0) is 18.7. The molecular formula is C17H18ClFN2O4S. The minimum atomic E-state index is -3.82. The van der Waals surface area contributed by atoms with E-state index in [1.807, 2.05) is 0 Å². The number of carbonyl (C=O) groups is 1. The molecule has 0 bridgehead atoms. The van der Waals surface area contributed by atoms with Crippen molar-refractivity contribution in [2.45, 2.75) is 17.7 Å². The zero-order valence-electron chi connectivity index (χ0n) is 13.8. The number of amides is 1. The lowest BCUT2D eigenvalue weighted by molar-refractivity contribution is 0.0913. The van der Waals surface area contributed by atoms with Crippen LogP contribution in [0.2, 0.25) is 5.02 Å². The van der Waals surface area contributed by atoms with Crippen LogP contribution in [0.4, 0.5) is 4.39 Å². The third-order valence-electron chi connectivity index (χ3n) is 4.29. The van der Waals surface area contributed by atoms with Crippen molar-refractivity contribution in [1.82, 2.24) is 9.62 Å². The monoisotopic (exact) mass is 400 g/mol. The molecule has 0 spiro atoms.